The van der Waals surface area contributed by atoms with Crippen LogP contribution in [0.2, 0.25) is 0 Å². The number of fused-ring (bicyclic) bond motifs is 3. The molecule has 1 saturated heterocycles. The molecule has 12 nitrogen and oxygen atoms in total. The van der Waals surface area contributed by atoms with Crippen LogP contribution in [-0.4, -0.2) is 71.1 Å². The summed E-state index contributed by atoms with van der Waals surface area (Å²) in [5, 5.41) is 8.04. The summed E-state index contributed by atoms with van der Waals surface area (Å²) in [6, 6.07) is 7.22. The van der Waals surface area contributed by atoms with Crippen molar-refractivity contribution in [1.29, 1.82) is 0 Å². The van der Waals surface area contributed by atoms with Crippen molar-refractivity contribution in [3.63, 3.8) is 0 Å². The van der Waals surface area contributed by atoms with Crippen molar-refractivity contribution < 1.29 is 8.42 Å². The normalized spacial score (nSPS) is 16.9. The molecular weight excluding hydrogens is 482 g/mol. The first kappa shape index (κ1) is 22.5. The number of aromatic nitrogens is 8. The Morgan fingerprint density at radius 2 is 1.81 bits per heavy atom. The van der Waals surface area contributed by atoms with Gasteiger partial charge in [-0.25, -0.2) is 22.5 Å². The summed E-state index contributed by atoms with van der Waals surface area (Å²) < 4.78 is 30.4. The molecule has 0 spiro atoms. The van der Waals surface area contributed by atoms with Crippen LogP contribution < -0.4 is 5.69 Å². The second-order valence-corrected chi connectivity index (χ2v) is 11.0. The molecule has 184 valence electrons. The smallest absolute Gasteiger partial charge is 0.293 e. The van der Waals surface area contributed by atoms with Gasteiger partial charge in [-0.15, -0.1) is 5.10 Å². The zero-order valence-electron chi connectivity index (χ0n) is 19.9. The zero-order valence-corrected chi connectivity index (χ0v) is 20.7. The molecule has 5 aromatic rings. The van der Waals surface area contributed by atoms with Gasteiger partial charge in [0.25, 0.3) is 0 Å². The predicted molar refractivity (Wildman–Crippen MR) is 134 cm³/mol. The van der Waals surface area contributed by atoms with E-state index in [-0.39, 0.29) is 18.3 Å². The molecule has 5 aromatic heterocycles. The van der Waals surface area contributed by atoms with Gasteiger partial charge < -0.3 is 0 Å². The van der Waals surface area contributed by atoms with Crippen molar-refractivity contribution in [3.05, 3.63) is 53.3 Å². The van der Waals surface area contributed by atoms with Crippen LogP contribution in [-0.2, 0) is 24.1 Å². The fourth-order valence-corrected chi connectivity index (χ4v) is 5.65. The van der Waals surface area contributed by atoms with E-state index in [0.29, 0.717) is 52.1 Å². The zero-order chi connectivity index (χ0) is 25.2. The van der Waals surface area contributed by atoms with Gasteiger partial charge in [-0.1, -0.05) is 5.21 Å². The first-order valence-corrected chi connectivity index (χ1v) is 13.2. The van der Waals surface area contributed by atoms with E-state index in [0.717, 1.165) is 5.56 Å². The Hall–Kier alpha value is -3.97. The molecule has 1 aliphatic rings. The number of imidazole rings is 1. The standard InChI is InChI=1S/C23H23N9O3S/c1-29-13-19(27-28-29)17-5-4-14(10-24-17)16-6-7-18-21(26-16)22-20(11-25-18)30(2)23(33)32(22)15-8-9-31(12-15)36(3,34)35/h4-7,10-11,13,15H,8-9,12H2,1-3H3/t15-/m0/s1. The van der Waals surface area contributed by atoms with Gasteiger partial charge in [-0.3, -0.25) is 23.8 Å². The molecule has 6 rings (SSSR count). The molecule has 0 aromatic carbocycles. The van der Waals surface area contributed by atoms with Gasteiger partial charge in [0.2, 0.25) is 10.0 Å². The average Bonchev–Trinajstić information content (AvgIpc) is 3.58. The Morgan fingerprint density at radius 3 is 2.47 bits per heavy atom. The Balaban J connectivity index is 1.48. The summed E-state index contributed by atoms with van der Waals surface area (Å²) in [4.78, 5) is 27.2. The highest BCUT2D eigenvalue weighted by atomic mass is 32.2. The molecule has 1 aliphatic heterocycles. The monoisotopic (exact) mass is 505 g/mol. The largest absolute Gasteiger partial charge is 0.329 e. The molecule has 0 N–H and O–H groups in total. The molecule has 0 amide bonds. The van der Waals surface area contributed by atoms with Gasteiger partial charge in [-0.2, -0.15) is 0 Å². The first-order chi connectivity index (χ1) is 17.2. The van der Waals surface area contributed by atoms with Crippen LogP contribution in [0.25, 0.3) is 44.7 Å². The van der Waals surface area contributed by atoms with Crippen LogP contribution in [0.15, 0.2) is 47.7 Å². The summed E-state index contributed by atoms with van der Waals surface area (Å²) in [5.41, 5.74) is 5.16. The lowest BCUT2D eigenvalue weighted by Crippen LogP contribution is -2.31. The van der Waals surface area contributed by atoms with E-state index >= 15 is 0 Å². The van der Waals surface area contributed by atoms with Gasteiger partial charge in [0.1, 0.15) is 11.2 Å². The summed E-state index contributed by atoms with van der Waals surface area (Å²) >= 11 is 0. The lowest BCUT2D eigenvalue weighted by molar-refractivity contribution is 0.454. The van der Waals surface area contributed by atoms with E-state index in [2.05, 4.69) is 20.3 Å². The summed E-state index contributed by atoms with van der Waals surface area (Å²) in [6.45, 7) is 0.618. The minimum Gasteiger partial charge on any atom is -0.293 e. The summed E-state index contributed by atoms with van der Waals surface area (Å²) in [5.74, 6) is 0. The molecule has 0 saturated carbocycles. The highest BCUT2D eigenvalue weighted by Gasteiger charge is 2.32. The van der Waals surface area contributed by atoms with Crippen LogP contribution in [0.3, 0.4) is 0 Å². The molecule has 1 fully saturated rings. The second kappa shape index (κ2) is 8.03. The van der Waals surface area contributed by atoms with E-state index in [9.17, 15) is 13.2 Å². The fourth-order valence-electron chi connectivity index (χ4n) is 4.77. The van der Waals surface area contributed by atoms with Gasteiger partial charge in [-0.05, 0) is 30.7 Å². The summed E-state index contributed by atoms with van der Waals surface area (Å²) in [6.07, 6.45) is 6.92. The highest BCUT2D eigenvalue weighted by Crippen LogP contribution is 2.30. The molecular formula is C23H23N9O3S. The maximum atomic E-state index is 13.3. The third-order valence-electron chi connectivity index (χ3n) is 6.65. The number of aryl methyl sites for hydroxylation is 2. The van der Waals surface area contributed by atoms with Gasteiger partial charge in [0.05, 0.1) is 52.6 Å². The van der Waals surface area contributed by atoms with Gasteiger partial charge in [0.15, 0.2) is 0 Å². The van der Waals surface area contributed by atoms with Crippen LogP contribution in [0.5, 0.6) is 0 Å². The molecule has 0 unspecified atom stereocenters. The van der Waals surface area contributed by atoms with Crippen LogP contribution in [0.1, 0.15) is 12.5 Å². The molecule has 0 aliphatic carbocycles. The SMILES string of the molecule is Cn1cc(-c2ccc(-c3ccc4ncc5c(c4n3)n([C@H]3CCN(S(C)(=O)=O)C3)c(=O)n5C)cn2)nn1. The maximum Gasteiger partial charge on any atom is 0.329 e. The number of hydrogen-bond acceptors (Lipinski definition) is 8. The number of rotatable bonds is 4. The van der Waals surface area contributed by atoms with Crippen molar-refractivity contribution >= 4 is 32.1 Å². The first-order valence-electron chi connectivity index (χ1n) is 11.4. The van der Waals surface area contributed by atoms with Crippen LogP contribution >= 0.6 is 0 Å². The maximum absolute atomic E-state index is 13.3. The molecule has 6 heterocycles. The lowest BCUT2D eigenvalue weighted by Gasteiger charge is -2.15. The average molecular weight is 506 g/mol. The molecule has 0 bridgehead atoms. The van der Waals surface area contributed by atoms with Crippen LogP contribution in [0.4, 0.5) is 0 Å². The Kier molecular flexibility index (Phi) is 5.02. The van der Waals surface area contributed by atoms with Crippen molar-refractivity contribution in [3.8, 4) is 22.6 Å². The van der Waals surface area contributed by atoms with E-state index in [1.807, 2.05) is 24.3 Å². The minimum atomic E-state index is -3.34. The lowest BCUT2D eigenvalue weighted by atomic mass is 10.1. The third-order valence-corrected chi connectivity index (χ3v) is 7.92. The Bertz CT molecular complexity index is 1800. The van der Waals surface area contributed by atoms with Crippen LogP contribution in [0, 0.1) is 0 Å². The fraction of sp³-hybridized carbons (Fsp3) is 0.304. The molecule has 36 heavy (non-hydrogen) atoms. The minimum absolute atomic E-state index is 0.221. The predicted octanol–water partition coefficient (Wildman–Crippen LogP) is 1.35. The second-order valence-electron chi connectivity index (χ2n) is 9.04. The quantitative estimate of drug-likeness (QED) is 0.357. The van der Waals surface area contributed by atoms with Gasteiger partial charge >= 0.3 is 5.69 Å². The topological polar surface area (TPSA) is 134 Å². The summed E-state index contributed by atoms with van der Waals surface area (Å²) in [7, 11) is 0.145. The van der Waals surface area contributed by atoms with E-state index < -0.39 is 10.0 Å². The number of pyridine rings is 3. The molecule has 0 radical (unpaired) electrons. The molecule has 13 heteroatoms. The number of sulfonamides is 1. The van der Waals surface area contributed by atoms with Gasteiger partial charge in [0, 0.05) is 38.9 Å². The highest BCUT2D eigenvalue weighted by molar-refractivity contribution is 7.88. The number of hydrogen-bond donors (Lipinski definition) is 0. The van der Waals surface area contributed by atoms with E-state index in [1.165, 1.54) is 15.1 Å². The van der Waals surface area contributed by atoms with E-state index in [1.54, 1.807) is 41.9 Å². The third kappa shape index (κ3) is 3.58. The Labute approximate surface area is 205 Å². The molecule has 1 atom stereocenters. The van der Waals surface area contributed by atoms with Crippen molar-refractivity contribution in [1.82, 2.24) is 43.4 Å². The number of nitrogens with zero attached hydrogens (tertiary/aromatic N) is 9. The Morgan fingerprint density at radius 1 is 1.00 bits per heavy atom. The van der Waals surface area contributed by atoms with Crippen molar-refractivity contribution in [2.24, 2.45) is 14.1 Å². The van der Waals surface area contributed by atoms with Crippen molar-refractivity contribution in [2.75, 3.05) is 19.3 Å². The van der Waals surface area contributed by atoms with E-state index in [4.69, 9.17) is 4.98 Å². The van der Waals surface area contributed by atoms with Crippen molar-refractivity contribution in [2.45, 2.75) is 12.5 Å².